The number of piperidine rings is 1. The summed E-state index contributed by atoms with van der Waals surface area (Å²) in [5.41, 5.74) is 5.66. The van der Waals surface area contributed by atoms with Crippen LogP contribution in [0.5, 0.6) is 0 Å². The van der Waals surface area contributed by atoms with Gasteiger partial charge in [-0.2, -0.15) is 0 Å². The highest BCUT2D eigenvalue weighted by Gasteiger charge is 2.22. The Bertz CT molecular complexity index is 1230. The second kappa shape index (κ2) is 12.1. The Hall–Kier alpha value is -3.55. The zero-order valence-corrected chi connectivity index (χ0v) is 19.6. The molecule has 1 saturated heterocycles. The summed E-state index contributed by atoms with van der Waals surface area (Å²) in [6.07, 6.45) is 1.74. The molecule has 10 nitrogen and oxygen atoms in total. The predicted octanol–water partition coefficient (Wildman–Crippen LogP) is 0.245. The number of hydrogen-bond acceptors (Lipinski definition) is 6. The summed E-state index contributed by atoms with van der Waals surface area (Å²) in [4.78, 5) is 51.5. The van der Waals surface area contributed by atoms with E-state index < -0.39 is 29.7 Å². The molecule has 0 aliphatic carbocycles. The average Bonchev–Trinajstić information content (AvgIpc) is 2.79. The van der Waals surface area contributed by atoms with Crippen molar-refractivity contribution in [3.05, 3.63) is 62.3 Å². The van der Waals surface area contributed by atoms with E-state index in [-0.39, 0.29) is 37.1 Å². The van der Waals surface area contributed by atoms with E-state index in [9.17, 15) is 19.2 Å². The molecule has 0 bridgehead atoms. The van der Waals surface area contributed by atoms with Gasteiger partial charge < -0.3 is 21.1 Å². The highest BCUT2D eigenvalue weighted by atomic mass is 35.5. The minimum atomic E-state index is -1.18. The maximum Gasteiger partial charge on any atom is 0.333 e. The first-order chi connectivity index (χ1) is 15.8. The van der Waals surface area contributed by atoms with Gasteiger partial charge in [-0.15, -0.1) is 18.3 Å². The molecule has 2 heterocycles. The largest absolute Gasteiger partial charge is 0.480 e. The molecule has 1 aromatic carbocycles. The summed E-state index contributed by atoms with van der Waals surface area (Å²) < 4.78 is 2.50. The molecule has 1 aliphatic heterocycles. The van der Waals surface area contributed by atoms with E-state index in [1.807, 2.05) is 4.90 Å². The number of carbonyl (C=O) groups is 2. The summed E-state index contributed by atoms with van der Waals surface area (Å²) in [6.45, 7) is 2.31. The maximum atomic E-state index is 13.4. The molecule has 1 fully saturated rings. The molecule has 1 amide bonds. The van der Waals surface area contributed by atoms with Crippen LogP contribution in [0, 0.1) is 11.8 Å². The smallest absolute Gasteiger partial charge is 0.333 e. The second-order valence-corrected chi connectivity index (χ2v) is 7.80. The Morgan fingerprint density at radius 3 is 2.65 bits per heavy atom. The number of carboxylic acids is 1. The minimum Gasteiger partial charge on any atom is -0.480 e. The van der Waals surface area contributed by atoms with E-state index in [4.69, 9.17) is 10.8 Å². The lowest BCUT2D eigenvalue weighted by molar-refractivity contribution is -0.135. The third-order valence-corrected chi connectivity index (χ3v) is 5.44. The number of carboxylic acid groups (broad SMARTS) is 1. The number of nitrogens with zero attached hydrogens (tertiary/aromatic N) is 3. The lowest BCUT2D eigenvalue weighted by Crippen LogP contribution is -2.48. The second-order valence-electron chi connectivity index (χ2n) is 7.80. The average molecular weight is 490 g/mol. The van der Waals surface area contributed by atoms with Crippen LogP contribution in [0.2, 0.25) is 0 Å². The molecule has 0 radical (unpaired) electrons. The molecule has 34 heavy (non-hydrogen) atoms. The molecule has 0 saturated carbocycles. The summed E-state index contributed by atoms with van der Waals surface area (Å²) in [5, 5.41) is 11.1. The van der Waals surface area contributed by atoms with Gasteiger partial charge in [0.15, 0.2) is 0 Å². The Morgan fingerprint density at radius 2 is 1.97 bits per heavy atom. The molecule has 1 atom stereocenters. The van der Waals surface area contributed by atoms with E-state index >= 15 is 0 Å². The lowest BCUT2D eigenvalue weighted by atomic mass is 10.1. The van der Waals surface area contributed by atoms with E-state index in [0.29, 0.717) is 24.5 Å². The topological polar surface area (TPSA) is 140 Å². The first kappa shape index (κ1) is 26.7. The van der Waals surface area contributed by atoms with Crippen molar-refractivity contribution >= 4 is 30.1 Å². The van der Waals surface area contributed by atoms with Crippen LogP contribution in [-0.2, 0) is 17.9 Å². The van der Waals surface area contributed by atoms with Gasteiger partial charge in [0.25, 0.3) is 11.5 Å². The van der Waals surface area contributed by atoms with Crippen LogP contribution in [0.4, 0.5) is 5.82 Å². The molecular weight excluding hydrogens is 462 g/mol. The van der Waals surface area contributed by atoms with E-state index in [1.165, 1.54) is 16.7 Å². The van der Waals surface area contributed by atoms with Crippen molar-refractivity contribution in [3.63, 3.8) is 0 Å². The number of aliphatic carboxylic acids is 1. The Balaban J connectivity index is 0.00000408. The number of benzene rings is 1. The molecule has 1 aromatic heterocycles. The van der Waals surface area contributed by atoms with Gasteiger partial charge in [-0.3, -0.25) is 23.5 Å². The Morgan fingerprint density at radius 1 is 1.24 bits per heavy atom. The quantitative estimate of drug-likeness (QED) is 0.473. The first-order valence-electron chi connectivity index (χ1n) is 10.6. The van der Waals surface area contributed by atoms with Gasteiger partial charge in [0, 0.05) is 30.8 Å². The van der Waals surface area contributed by atoms with Gasteiger partial charge in [0.05, 0.1) is 13.1 Å². The third-order valence-electron chi connectivity index (χ3n) is 5.44. The fourth-order valence-corrected chi connectivity index (χ4v) is 3.84. The van der Waals surface area contributed by atoms with Gasteiger partial charge in [-0.25, -0.2) is 4.79 Å². The molecule has 1 aliphatic rings. The van der Waals surface area contributed by atoms with Gasteiger partial charge in [0.1, 0.15) is 12.4 Å². The summed E-state index contributed by atoms with van der Waals surface area (Å²) in [5.74, 6) is 4.36. The number of carbonyl (C=O) groups excluding carboxylic acids is 1. The van der Waals surface area contributed by atoms with Crippen molar-refractivity contribution in [1.82, 2.24) is 14.5 Å². The molecule has 0 unspecified atom stereocenters. The monoisotopic (exact) mass is 489 g/mol. The fourth-order valence-electron chi connectivity index (χ4n) is 3.84. The minimum absolute atomic E-state index is 0. The van der Waals surface area contributed by atoms with Crippen molar-refractivity contribution < 1.29 is 14.7 Å². The maximum absolute atomic E-state index is 13.4. The molecule has 0 spiro atoms. The number of anilines is 1. The Labute approximate surface area is 202 Å². The van der Waals surface area contributed by atoms with Gasteiger partial charge in [-0.1, -0.05) is 24.1 Å². The van der Waals surface area contributed by atoms with Gasteiger partial charge >= 0.3 is 11.7 Å². The van der Waals surface area contributed by atoms with Gasteiger partial charge in [-0.05, 0) is 31.4 Å². The molecular formula is C23H28ClN5O5. The van der Waals surface area contributed by atoms with E-state index in [1.54, 1.807) is 25.1 Å². The van der Waals surface area contributed by atoms with Crippen LogP contribution in [0.3, 0.4) is 0 Å². The number of nitrogens with one attached hydrogen (secondary N) is 1. The molecule has 3 rings (SSSR count). The van der Waals surface area contributed by atoms with Gasteiger partial charge in [0.2, 0.25) is 0 Å². The third kappa shape index (κ3) is 6.27. The number of nitrogens with two attached hydrogens (primary N) is 1. The molecule has 2 aromatic rings. The normalized spacial score (nSPS) is 15.0. The standard InChI is InChI=1S/C23H27N5O5.ClH/c1-2-3-11-27-19(26-10-6-8-17(24)15-26)12-20(29)28(23(27)33)14-16-7-4-5-9-18(16)22(32)25-13-21(30)31;/h4-5,7,9,12,17H,6,8,10-11,13-15,24H2,1H3,(H,25,32)(H,30,31);1H/t17-;/m1./s1. The van der Waals surface area contributed by atoms with E-state index in [2.05, 4.69) is 17.2 Å². The summed E-state index contributed by atoms with van der Waals surface area (Å²) >= 11 is 0. The molecule has 4 N–H and O–H groups in total. The molecule has 182 valence electrons. The van der Waals surface area contributed by atoms with Crippen molar-refractivity contribution in [2.75, 3.05) is 24.5 Å². The van der Waals surface area contributed by atoms with Crippen molar-refractivity contribution in [2.45, 2.75) is 38.9 Å². The zero-order valence-electron chi connectivity index (χ0n) is 18.8. The van der Waals surface area contributed by atoms with Crippen LogP contribution in [0.1, 0.15) is 35.7 Å². The number of aromatic nitrogens is 2. The van der Waals surface area contributed by atoms with Crippen LogP contribution >= 0.6 is 12.4 Å². The van der Waals surface area contributed by atoms with E-state index in [0.717, 1.165) is 17.4 Å². The Kier molecular flexibility index (Phi) is 9.47. The van der Waals surface area contributed by atoms with Crippen molar-refractivity contribution in [1.29, 1.82) is 0 Å². The first-order valence-corrected chi connectivity index (χ1v) is 10.6. The number of hydrogen-bond donors (Lipinski definition) is 3. The number of halogens is 1. The highest BCUT2D eigenvalue weighted by molar-refractivity contribution is 5.97. The number of rotatable bonds is 7. The van der Waals surface area contributed by atoms with Crippen molar-refractivity contribution in [2.24, 2.45) is 5.73 Å². The fraction of sp³-hybridized carbons (Fsp3) is 0.391. The predicted molar refractivity (Wildman–Crippen MR) is 131 cm³/mol. The summed E-state index contributed by atoms with van der Waals surface area (Å²) in [7, 11) is 0. The lowest BCUT2D eigenvalue weighted by Gasteiger charge is -2.33. The SMILES string of the molecule is CC#CCn1c(N2CCC[C@@H](N)C2)cc(=O)n(Cc2ccccc2C(=O)NCC(=O)O)c1=O.Cl. The van der Waals surface area contributed by atoms with Crippen molar-refractivity contribution in [3.8, 4) is 11.8 Å². The van der Waals surface area contributed by atoms with Crippen LogP contribution in [0.25, 0.3) is 0 Å². The molecule has 11 heteroatoms. The zero-order chi connectivity index (χ0) is 24.0. The highest BCUT2D eigenvalue weighted by Crippen LogP contribution is 2.17. The van der Waals surface area contributed by atoms with Crippen LogP contribution < -0.4 is 27.2 Å². The van der Waals surface area contributed by atoms with Crippen LogP contribution in [0.15, 0.2) is 39.9 Å². The van der Waals surface area contributed by atoms with Crippen LogP contribution in [-0.4, -0.2) is 51.8 Å². The summed E-state index contributed by atoms with van der Waals surface area (Å²) in [6, 6.07) is 7.80. The number of amides is 1.